The van der Waals surface area contributed by atoms with Crippen LogP contribution in [0.3, 0.4) is 0 Å². The van der Waals surface area contributed by atoms with Crippen molar-refractivity contribution in [3.05, 3.63) is 62.5 Å². The molecular weight excluding hydrogens is 459 g/mol. The van der Waals surface area contributed by atoms with Gasteiger partial charge >= 0.3 is 11.7 Å². The number of anilines is 1. The van der Waals surface area contributed by atoms with E-state index >= 15 is 0 Å². The van der Waals surface area contributed by atoms with Gasteiger partial charge in [-0.2, -0.15) is 0 Å². The van der Waals surface area contributed by atoms with E-state index in [1.165, 1.54) is 44.2 Å². The number of unbranched alkanes of at least 4 members (excludes halogenated alkanes) is 4. The Morgan fingerprint density at radius 1 is 1.03 bits per heavy atom. The highest BCUT2D eigenvalue weighted by atomic mass is 35.5. The highest BCUT2D eigenvalue weighted by Gasteiger charge is 2.16. The van der Waals surface area contributed by atoms with Crippen LogP contribution < -0.4 is 16.3 Å². The topological polar surface area (TPSA) is 78.9 Å². The number of carbonyl (C=O) groups excluding carboxylic acids is 1. The minimum atomic E-state index is -0.567. The Hall–Kier alpha value is -1.99. The molecular formula is C22H27Cl3N4O2. The van der Waals surface area contributed by atoms with Crippen LogP contribution in [0.1, 0.15) is 44.6 Å². The number of nitrogens with one attached hydrogen (secondary N) is 3. The lowest BCUT2D eigenvalue weighted by atomic mass is 10.1. The van der Waals surface area contributed by atoms with Crippen LogP contribution >= 0.6 is 35.6 Å². The number of aromatic nitrogens is 2. The fourth-order valence-corrected chi connectivity index (χ4v) is 3.60. The minimum Gasteiger partial charge on any atom is -0.313 e. The third-order valence-electron chi connectivity index (χ3n) is 4.92. The van der Waals surface area contributed by atoms with Gasteiger partial charge in [-0.05, 0) is 42.8 Å². The van der Waals surface area contributed by atoms with Gasteiger partial charge in [-0.1, -0.05) is 67.9 Å². The van der Waals surface area contributed by atoms with E-state index in [0.717, 1.165) is 23.2 Å². The molecule has 1 amide bonds. The predicted molar refractivity (Wildman–Crippen MR) is 131 cm³/mol. The van der Waals surface area contributed by atoms with Crippen LogP contribution in [0.4, 0.5) is 10.5 Å². The van der Waals surface area contributed by atoms with Crippen LogP contribution in [-0.4, -0.2) is 22.1 Å². The SMILES string of the molecule is CCCCCCCNCc1ccc(NC(=O)n2c(=O)[nH]c3cc(Cl)c(Cl)cc32)cc1.Cl. The van der Waals surface area contributed by atoms with Crippen molar-refractivity contribution < 1.29 is 4.79 Å². The zero-order chi connectivity index (χ0) is 21.5. The normalized spacial score (nSPS) is 10.8. The van der Waals surface area contributed by atoms with Crippen molar-refractivity contribution in [1.29, 1.82) is 0 Å². The first-order chi connectivity index (χ1) is 14.5. The summed E-state index contributed by atoms with van der Waals surface area (Å²) in [5, 5.41) is 6.76. The summed E-state index contributed by atoms with van der Waals surface area (Å²) in [6.45, 7) is 4.00. The molecule has 31 heavy (non-hydrogen) atoms. The third kappa shape index (κ3) is 6.74. The smallest absolute Gasteiger partial charge is 0.313 e. The van der Waals surface area contributed by atoms with E-state index in [0.29, 0.717) is 21.7 Å². The number of carbonyl (C=O) groups is 1. The van der Waals surface area contributed by atoms with Crippen LogP contribution in [0.5, 0.6) is 0 Å². The first-order valence-electron chi connectivity index (χ1n) is 10.2. The Labute approximate surface area is 197 Å². The van der Waals surface area contributed by atoms with Crippen LogP contribution in [0.2, 0.25) is 10.0 Å². The molecule has 2 aromatic carbocycles. The molecule has 0 aliphatic carbocycles. The van der Waals surface area contributed by atoms with Crippen molar-refractivity contribution in [2.45, 2.75) is 45.6 Å². The monoisotopic (exact) mass is 484 g/mol. The van der Waals surface area contributed by atoms with Gasteiger partial charge in [0.1, 0.15) is 0 Å². The van der Waals surface area contributed by atoms with Gasteiger partial charge in [-0.25, -0.2) is 14.2 Å². The minimum absolute atomic E-state index is 0. The molecule has 3 N–H and O–H groups in total. The Bertz CT molecular complexity index is 1060. The average molecular weight is 486 g/mol. The van der Waals surface area contributed by atoms with Gasteiger partial charge < -0.3 is 15.6 Å². The second-order valence-corrected chi connectivity index (χ2v) is 8.08. The van der Waals surface area contributed by atoms with E-state index in [1.807, 2.05) is 24.3 Å². The number of H-pyrrole nitrogens is 1. The largest absolute Gasteiger partial charge is 0.334 e. The maximum Gasteiger partial charge on any atom is 0.334 e. The quantitative estimate of drug-likeness (QED) is 0.316. The summed E-state index contributed by atoms with van der Waals surface area (Å²) < 4.78 is 1.01. The lowest BCUT2D eigenvalue weighted by Gasteiger charge is -2.08. The molecule has 3 aromatic rings. The van der Waals surface area contributed by atoms with E-state index < -0.39 is 11.7 Å². The summed E-state index contributed by atoms with van der Waals surface area (Å²) in [6.07, 6.45) is 6.30. The summed E-state index contributed by atoms with van der Waals surface area (Å²) in [7, 11) is 0. The number of imidazole rings is 1. The van der Waals surface area contributed by atoms with Crippen molar-refractivity contribution in [2.75, 3.05) is 11.9 Å². The summed E-state index contributed by atoms with van der Waals surface area (Å²) in [5.74, 6) is 0. The molecule has 0 aliphatic rings. The van der Waals surface area contributed by atoms with Crippen LogP contribution in [0.25, 0.3) is 11.0 Å². The zero-order valence-electron chi connectivity index (χ0n) is 17.3. The predicted octanol–water partition coefficient (Wildman–Crippen LogP) is 6.20. The third-order valence-corrected chi connectivity index (χ3v) is 5.64. The standard InChI is InChI=1S/C22H26Cl2N4O2.ClH/c1-2-3-4-5-6-11-25-14-15-7-9-16(10-8-15)26-21(29)28-20-13-18(24)17(23)12-19(20)27-22(28)30;/h7-10,12-13,25H,2-6,11,14H2,1H3,(H,26,29)(H,27,30);1H. The Balaban J connectivity index is 0.00000341. The molecule has 3 rings (SSSR count). The van der Waals surface area contributed by atoms with Crippen LogP contribution in [-0.2, 0) is 6.54 Å². The Morgan fingerprint density at radius 2 is 1.71 bits per heavy atom. The number of benzene rings is 2. The highest BCUT2D eigenvalue weighted by Crippen LogP contribution is 2.26. The van der Waals surface area contributed by atoms with Gasteiger partial charge in [-0.15, -0.1) is 12.4 Å². The van der Waals surface area contributed by atoms with Gasteiger partial charge in [0.05, 0.1) is 21.1 Å². The molecule has 0 bridgehead atoms. The molecule has 1 aromatic heterocycles. The van der Waals surface area contributed by atoms with Gasteiger partial charge in [0.25, 0.3) is 0 Å². The molecule has 0 radical (unpaired) electrons. The number of aromatic amines is 1. The maximum atomic E-state index is 12.7. The van der Waals surface area contributed by atoms with Crippen molar-refractivity contribution in [3.8, 4) is 0 Å². The molecule has 0 unspecified atom stereocenters. The van der Waals surface area contributed by atoms with Crippen molar-refractivity contribution in [3.63, 3.8) is 0 Å². The first-order valence-corrected chi connectivity index (χ1v) is 11.0. The lowest BCUT2D eigenvalue weighted by molar-refractivity contribution is 0.253. The summed E-state index contributed by atoms with van der Waals surface area (Å²) >= 11 is 12.0. The first kappa shape index (κ1) is 25.3. The Morgan fingerprint density at radius 3 is 2.42 bits per heavy atom. The molecule has 0 atom stereocenters. The summed E-state index contributed by atoms with van der Waals surface area (Å²) in [6, 6.07) is 9.99. The van der Waals surface area contributed by atoms with Gasteiger partial charge in [0, 0.05) is 12.2 Å². The average Bonchev–Trinajstić information content (AvgIpc) is 3.03. The fraction of sp³-hybridized carbons (Fsp3) is 0.364. The van der Waals surface area contributed by atoms with Crippen LogP contribution in [0, 0.1) is 0 Å². The lowest BCUT2D eigenvalue weighted by Crippen LogP contribution is -2.29. The Kier molecular flexibility index (Phi) is 9.91. The molecule has 0 saturated heterocycles. The van der Waals surface area contributed by atoms with E-state index in [1.54, 1.807) is 0 Å². The maximum absolute atomic E-state index is 12.7. The van der Waals surface area contributed by atoms with Gasteiger partial charge in [0.15, 0.2) is 0 Å². The van der Waals surface area contributed by atoms with E-state index in [2.05, 4.69) is 22.5 Å². The molecule has 6 nitrogen and oxygen atoms in total. The summed E-state index contributed by atoms with van der Waals surface area (Å²) in [5.41, 5.74) is 1.99. The number of fused-ring (bicyclic) bond motifs is 1. The molecule has 9 heteroatoms. The molecule has 0 saturated carbocycles. The second-order valence-electron chi connectivity index (χ2n) is 7.27. The number of rotatable bonds is 9. The number of amides is 1. The van der Waals surface area contributed by atoms with Gasteiger partial charge in [0.2, 0.25) is 0 Å². The van der Waals surface area contributed by atoms with Crippen LogP contribution in [0.15, 0.2) is 41.2 Å². The molecule has 1 heterocycles. The number of nitrogens with zero attached hydrogens (tertiary/aromatic N) is 1. The second kappa shape index (κ2) is 12.2. The number of hydrogen-bond donors (Lipinski definition) is 3. The molecule has 0 aliphatic heterocycles. The number of hydrogen-bond acceptors (Lipinski definition) is 3. The van der Waals surface area contributed by atoms with Crippen molar-refractivity contribution in [2.24, 2.45) is 0 Å². The highest BCUT2D eigenvalue weighted by molar-refractivity contribution is 6.42. The van der Waals surface area contributed by atoms with Gasteiger partial charge in [-0.3, -0.25) is 0 Å². The van der Waals surface area contributed by atoms with E-state index in [9.17, 15) is 9.59 Å². The number of halogens is 3. The van der Waals surface area contributed by atoms with Crippen molar-refractivity contribution >= 4 is 58.4 Å². The van der Waals surface area contributed by atoms with E-state index in [4.69, 9.17) is 23.2 Å². The van der Waals surface area contributed by atoms with Crippen molar-refractivity contribution in [1.82, 2.24) is 14.9 Å². The summed E-state index contributed by atoms with van der Waals surface area (Å²) in [4.78, 5) is 27.5. The molecule has 168 valence electrons. The molecule has 0 fully saturated rings. The van der Waals surface area contributed by atoms with E-state index in [-0.39, 0.29) is 17.4 Å². The zero-order valence-corrected chi connectivity index (χ0v) is 19.7. The molecule has 0 spiro atoms. The fourth-order valence-electron chi connectivity index (χ4n) is 3.28.